The highest BCUT2D eigenvalue weighted by atomic mass is 35.5. The number of benzene rings is 1. The van der Waals surface area contributed by atoms with Crippen LogP contribution in [0.5, 0.6) is 0 Å². The number of hydrogen-bond donors (Lipinski definition) is 1. The van der Waals surface area contributed by atoms with E-state index in [-0.39, 0.29) is 16.7 Å². The van der Waals surface area contributed by atoms with Crippen molar-refractivity contribution in [3.63, 3.8) is 0 Å². The van der Waals surface area contributed by atoms with Crippen molar-refractivity contribution in [2.24, 2.45) is 0 Å². The molecule has 3 nitrogen and oxygen atoms in total. The summed E-state index contributed by atoms with van der Waals surface area (Å²) >= 11 is 5.81. The van der Waals surface area contributed by atoms with Crippen molar-refractivity contribution in [3.8, 4) is 11.3 Å². The van der Waals surface area contributed by atoms with Crippen LogP contribution in [-0.4, -0.2) is 5.16 Å². The highest BCUT2D eigenvalue weighted by Crippen LogP contribution is 2.31. The molecule has 0 fully saturated rings. The van der Waals surface area contributed by atoms with Gasteiger partial charge in [-0.1, -0.05) is 16.8 Å². The van der Waals surface area contributed by atoms with Crippen LogP contribution in [-0.2, 0) is 0 Å². The topological polar surface area (TPSA) is 52.0 Å². The molecule has 2 rings (SSSR count). The molecule has 0 bridgehead atoms. The lowest BCUT2D eigenvalue weighted by molar-refractivity contribution is 0.436. The Balaban J connectivity index is 2.49. The van der Waals surface area contributed by atoms with E-state index >= 15 is 0 Å². The van der Waals surface area contributed by atoms with Crippen LogP contribution in [0.1, 0.15) is 0 Å². The summed E-state index contributed by atoms with van der Waals surface area (Å²) in [7, 11) is 0. The van der Waals surface area contributed by atoms with E-state index in [2.05, 4.69) is 5.16 Å². The molecule has 1 aromatic heterocycles. The van der Waals surface area contributed by atoms with Crippen LogP contribution < -0.4 is 5.73 Å². The number of anilines is 1. The molecule has 2 N–H and O–H groups in total. The van der Waals surface area contributed by atoms with Gasteiger partial charge in [0.05, 0.1) is 0 Å². The van der Waals surface area contributed by atoms with Gasteiger partial charge in [0.2, 0.25) is 0 Å². The molecule has 2 aromatic rings. The minimum absolute atomic E-state index is 0.131. The van der Waals surface area contributed by atoms with E-state index in [0.29, 0.717) is 11.3 Å². The molecule has 1 heterocycles. The molecule has 0 amide bonds. The number of hydrogen-bond acceptors (Lipinski definition) is 3. The van der Waals surface area contributed by atoms with Gasteiger partial charge in [-0.25, -0.2) is 4.39 Å². The maximum atomic E-state index is 12.6. The van der Waals surface area contributed by atoms with Crippen LogP contribution in [0.15, 0.2) is 28.8 Å². The third-order valence-corrected chi connectivity index (χ3v) is 2.13. The molecular formula is C9H6ClFN2O. The summed E-state index contributed by atoms with van der Waals surface area (Å²) in [4.78, 5) is 0. The number of nitrogen functional groups attached to an aromatic ring is 1. The van der Waals surface area contributed by atoms with Gasteiger partial charge in [-0.2, -0.15) is 0 Å². The lowest BCUT2D eigenvalue weighted by Gasteiger charge is -1.95. The fraction of sp³-hybridized carbons (Fsp3) is 0. The van der Waals surface area contributed by atoms with Gasteiger partial charge < -0.3 is 10.3 Å². The monoisotopic (exact) mass is 212 g/mol. The molecule has 0 saturated carbocycles. The first-order valence-corrected chi connectivity index (χ1v) is 4.23. The van der Waals surface area contributed by atoms with Gasteiger partial charge in [0.15, 0.2) is 11.6 Å². The molecule has 5 heteroatoms. The van der Waals surface area contributed by atoms with E-state index in [1.165, 1.54) is 12.1 Å². The summed E-state index contributed by atoms with van der Waals surface area (Å²) in [5.41, 5.74) is 6.04. The third kappa shape index (κ3) is 1.44. The van der Waals surface area contributed by atoms with Crippen LogP contribution in [0.3, 0.4) is 0 Å². The highest BCUT2D eigenvalue weighted by Gasteiger charge is 2.12. The summed E-state index contributed by atoms with van der Waals surface area (Å²) in [6.07, 6.45) is 0. The van der Waals surface area contributed by atoms with Crippen LogP contribution in [0, 0.1) is 5.82 Å². The van der Waals surface area contributed by atoms with E-state index in [4.69, 9.17) is 21.9 Å². The Bertz CT molecular complexity index is 452. The smallest absolute Gasteiger partial charge is 0.187 e. The second-order valence-corrected chi connectivity index (χ2v) is 3.10. The SMILES string of the molecule is Nc1noc(-c2ccc(F)cc2)c1Cl. The van der Waals surface area contributed by atoms with Crippen molar-refractivity contribution in [1.82, 2.24) is 5.16 Å². The Labute approximate surface area is 84.3 Å². The van der Waals surface area contributed by atoms with Gasteiger partial charge in [-0.05, 0) is 24.3 Å². The second-order valence-electron chi connectivity index (χ2n) is 2.72. The number of nitrogens with zero attached hydrogens (tertiary/aromatic N) is 1. The molecule has 14 heavy (non-hydrogen) atoms. The number of nitrogens with two attached hydrogens (primary N) is 1. The van der Waals surface area contributed by atoms with E-state index < -0.39 is 0 Å². The first-order valence-electron chi connectivity index (χ1n) is 3.85. The average molecular weight is 213 g/mol. The lowest BCUT2D eigenvalue weighted by atomic mass is 10.2. The Morgan fingerprint density at radius 2 is 1.93 bits per heavy atom. The number of rotatable bonds is 1. The molecule has 0 saturated heterocycles. The number of halogens is 2. The normalized spacial score (nSPS) is 10.4. The van der Waals surface area contributed by atoms with E-state index in [0.717, 1.165) is 0 Å². The van der Waals surface area contributed by atoms with Crippen molar-refractivity contribution < 1.29 is 8.91 Å². The van der Waals surface area contributed by atoms with Gasteiger partial charge in [0.1, 0.15) is 10.8 Å². The maximum Gasteiger partial charge on any atom is 0.187 e. The van der Waals surface area contributed by atoms with Gasteiger partial charge in [0.25, 0.3) is 0 Å². The summed E-state index contributed by atoms with van der Waals surface area (Å²) in [6, 6.07) is 5.71. The van der Waals surface area contributed by atoms with Crippen LogP contribution >= 0.6 is 11.6 Å². The first kappa shape index (κ1) is 9.02. The summed E-state index contributed by atoms with van der Waals surface area (Å²) in [5, 5.41) is 3.74. The molecule has 0 aliphatic carbocycles. The predicted molar refractivity (Wildman–Crippen MR) is 51.3 cm³/mol. The zero-order valence-electron chi connectivity index (χ0n) is 7.00. The average Bonchev–Trinajstić information content (AvgIpc) is 2.50. The Morgan fingerprint density at radius 1 is 1.29 bits per heavy atom. The minimum atomic E-state index is -0.322. The van der Waals surface area contributed by atoms with Crippen molar-refractivity contribution >= 4 is 17.4 Å². The fourth-order valence-corrected chi connectivity index (χ4v) is 1.25. The Morgan fingerprint density at radius 3 is 2.43 bits per heavy atom. The lowest BCUT2D eigenvalue weighted by Crippen LogP contribution is -1.83. The van der Waals surface area contributed by atoms with Gasteiger partial charge in [-0.3, -0.25) is 0 Å². The zero-order chi connectivity index (χ0) is 10.1. The van der Waals surface area contributed by atoms with Gasteiger partial charge in [0, 0.05) is 5.56 Å². The van der Waals surface area contributed by atoms with E-state index in [1.807, 2.05) is 0 Å². The van der Waals surface area contributed by atoms with Gasteiger partial charge in [-0.15, -0.1) is 0 Å². The molecular weight excluding hydrogens is 207 g/mol. The standard InChI is InChI=1S/C9H6ClFN2O/c10-7-8(14-13-9(7)12)5-1-3-6(11)4-2-5/h1-4H,(H2,12,13). The predicted octanol–water partition coefficient (Wildman–Crippen LogP) is 2.72. The summed E-state index contributed by atoms with van der Waals surface area (Å²) in [5.74, 6) is 0.160. The molecule has 0 radical (unpaired) electrons. The summed E-state index contributed by atoms with van der Waals surface area (Å²) in [6.45, 7) is 0. The first-order chi connectivity index (χ1) is 6.68. The quantitative estimate of drug-likeness (QED) is 0.791. The van der Waals surface area contributed by atoms with Crippen LogP contribution in [0.25, 0.3) is 11.3 Å². The maximum absolute atomic E-state index is 12.6. The largest absolute Gasteiger partial charge is 0.380 e. The fourth-order valence-electron chi connectivity index (χ4n) is 1.07. The van der Waals surface area contributed by atoms with Crippen LogP contribution in [0.4, 0.5) is 10.2 Å². The molecule has 1 aromatic carbocycles. The molecule has 0 aliphatic rings. The number of aromatic nitrogens is 1. The molecule has 0 atom stereocenters. The molecule has 0 aliphatic heterocycles. The summed E-state index contributed by atoms with van der Waals surface area (Å²) < 4.78 is 17.5. The van der Waals surface area contributed by atoms with E-state index in [9.17, 15) is 4.39 Å². The zero-order valence-corrected chi connectivity index (χ0v) is 7.75. The molecule has 72 valence electrons. The van der Waals surface area contributed by atoms with Crippen molar-refractivity contribution in [2.45, 2.75) is 0 Å². The third-order valence-electron chi connectivity index (χ3n) is 1.77. The van der Waals surface area contributed by atoms with Crippen LogP contribution in [0.2, 0.25) is 5.02 Å². The van der Waals surface area contributed by atoms with Crippen molar-refractivity contribution in [2.75, 3.05) is 5.73 Å². The molecule has 0 spiro atoms. The minimum Gasteiger partial charge on any atom is -0.380 e. The van der Waals surface area contributed by atoms with Crippen molar-refractivity contribution in [3.05, 3.63) is 35.1 Å². The Kier molecular flexibility index (Phi) is 2.13. The Hall–Kier alpha value is -1.55. The molecule has 0 unspecified atom stereocenters. The second kappa shape index (κ2) is 3.31. The van der Waals surface area contributed by atoms with Gasteiger partial charge >= 0.3 is 0 Å². The van der Waals surface area contributed by atoms with E-state index in [1.54, 1.807) is 12.1 Å². The highest BCUT2D eigenvalue weighted by molar-refractivity contribution is 6.35. The van der Waals surface area contributed by atoms with Crippen molar-refractivity contribution in [1.29, 1.82) is 0 Å².